The van der Waals surface area contributed by atoms with E-state index in [9.17, 15) is 9.59 Å². The summed E-state index contributed by atoms with van der Waals surface area (Å²) in [6.07, 6.45) is 0. The van der Waals surface area contributed by atoms with Gasteiger partial charge in [-0.1, -0.05) is 41.4 Å². The number of hydrogen-bond acceptors (Lipinski definition) is 4. The second kappa shape index (κ2) is 10.2. The van der Waals surface area contributed by atoms with Crippen LogP contribution in [0.3, 0.4) is 0 Å². The molecule has 6 nitrogen and oxygen atoms in total. The van der Waals surface area contributed by atoms with Crippen molar-refractivity contribution in [3.8, 4) is 5.75 Å². The standard InChI is InChI=1S/C19H21Cl2N3O3/c1-24(12-19(26)23-14-7-8-15(20)16(21)9-14)11-18(25)22-10-13-5-3-4-6-17(13)27-2/h3-9H,10-12H2,1-2H3,(H,22,25)(H,23,26). The molecule has 0 unspecified atom stereocenters. The summed E-state index contributed by atoms with van der Waals surface area (Å²) in [5.74, 6) is 0.270. The van der Waals surface area contributed by atoms with E-state index in [2.05, 4.69) is 10.6 Å². The topological polar surface area (TPSA) is 70.7 Å². The molecule has 0 saturated carbocycles. The van der Waals surface area contributed by atoms with Crippen LogP contribution in [0.5, 0.6) is 5.75 Å². The predicted molar refractivity (Wildman–Crippen MR) is 107 cm³/mol. The normalized spacial score (nSPS) is 10.6. The van der Waals surface area contributed by atoms with E-state index in [0.29, 0.717) is 28.0 Å². The number of methoxy groups -OCH3 is 1. The Morgan fingerprint density at radius 2 is 1.74 bits per heavy atom. The molecule has 0 heterocycles. The van der Waals surface area contributed by atoms with Crippen molar-refractivity contribution in [2.45, 2.75) is 6.54 Å². The zero-order chi connectivity index (χ0) is 19.8. The van der Waals surface area contributed by atoms with Crippen molar-refractivity contribution in [3.05, 3.63) is 58.1 Å². The van der Waals surface area contributed by atoms with E-state index in [1.54, 1.807) is 37.3 Å². The predicted octanol–water partition coefficient (Wildman–Crippen LogP) is 3.19. The largest absolute Gasteiger partial charge is 0.496 e. The van der Waals surface area contributed by atoms with Crippen molar-refractivity contribution in [3.63, 3.8) is 0 Å². The summed E-state index contributed by atoms with van der Waals surface area (Å²) in [6.45, 7) is 0.498. The van der Waals surface area contributed by atoms with Crippen LogP contribution < -0.4 is 15.4 Å². The van der Waals surface area contributed by atoms with Crippen molar-refractivity contribution in [2.24, 2.45) is 0 Å². The summed E-state index contributed by atoms with van der Waals surface area (Å²) >= 11 is 11.8. The van der Waals surface area contributed by atoms with Gasteiger partial charge in [-0.15, -0.1) is 0 Å². The van der Waals surface area contributed by atoms with Crippen LogP contribution in [0.15, 0.2) is 42.5 Å². The van der Waals surface area contributed by atoms with Crippen LogP contribution in [0.1, 0.15) is 5.56 Å². The molecule has 2 aromatic rings. The molecule has 0 atom stereocenters. The number of nitrogens with zero attached hydrogens (tertiary/aromatic N) is 1. The van der Waals surface area contributed by atoms with Crippen molar-refractivity contribution in [1.29, 1.82) is 0 Å². The number of anilines is 1. The van der Waals surface area contributed by atoms with Crippen molar-refractivity contribution < 1.29 is 14.3 Å². The van der Waals surface area contributed by atoms with E-state index >= 15 is 0 Å². The van der Waals surface area contributed by atoms with Gasteiger partial charge in [-0.25, -0.2) is 0 Å². The Bertz CT molecular complexity index is 815. The summed E-state index contributed by atoms with van der Waals surface area (Å²) in [7, 11) is 3.28. The van der Waals surface area contributed by atoms with Crippen molar-refractivity contribution in [2.75, 3.05) is 32.6 Å². The zero-order valence-corrected chi connectivity index (χ0v) is 16.6. The molecule has 0 aliphatic carbocycles. The van der Waals surface area contributed by atoms with Gasteiger partial charge in [0.25, 0.3) is 0 Å². The van der Waals surface area contributed by atoms with Gasteiger partial charge in [-0.2, -0.15) is 0 Å². The summed E-state index contributed by atoms with van der Waals surface area (Å²) in [6, 6.07) is 12.3. The SMILES string of the molecule is COc1ccccc1CNC(=O)CN(C)CC(=O)Nc1ccc(Cl)c(Cl)c1. The first-order valence-corrected chi connectivity index (χ1v) is 8.96. The number of amides is 2. The van der Waals surface area contributed by atoms with Gasteiger partial charge in [0.15, 0.2) is 0 Å². The third-order valence-electron chi connectivity index (χ3n) is 3.70. The Morgan fingerprint density at radius 1 is 1.04 bits per heavy atom. The number of hydrogen-bond donors (Lipinski definition) is 2. The van der Waals surface area contributed by atoms with Gasteiger partial charge >= 0.3 is 0 Å². The number of halogens is 2. The van der Waals surface area contributed by atoms with Crippen LogP contribution in [0.25, 0.3) is 0 Å². The molecular weight excluding hydrogens is 389 g/mol. The molecule has 0 spiro atoms. The first kappa shape index (κ1) is 21.0. The lowest BCUT2D eigenvalue weighted by atomic mass is 10.2. The molecule has 0 aromatic heterocycles. The van der Waals surface area contributed by atoms with Gasteiger partial charge in [-0.05, 0) is 31.3 Å². The van der Waals surface area contributed by atoms with Crippen LogP contribution in [0, 0.1) is 0 Å². The lowest BCUT2D eigenvalue weighted by Gasteiger charge is -2.16. The molecule has 2 aromatic carbocycles. The average molecular weight is 410 g/mol. The molecule has 2 rings (SSSR count). The molecule has 0 aliphatic rings. The minimum absolute atomic E-state index is 0.0579. The van der Waals surface area contributed by atoms with E-state index in [4.69, 9.17) is 27.9 Å². The number of nitrogens with one attached hydrogen (secondary N) is 2. The van der Waals surface area contributed by atoms with E-state index in [1.165, 1.54) is 0 Å². The monoisotopic (exact) mass is 409 g/mol. The van der Waals surface area contributed by atoms with Crippen LogP contribution in [0.4, 0.5) is 5.69 Å². The van der Waals surface area contributed by atoms with Gasteiger partial charge in [0.05, 0.1) is 30.2 Å². The number of rotatable bonds is 8. The maximum atomic E-state index is 12.1. The Morgan fingerprint density at radius 3 is 2.44 bits per heavy atom. The fourth-order valence-corrected chi connectivity index (χ4v) is 2.72. The molecule has 144 valence electrons. The Kier molecular flexibility index (Phi) is 7.91. The molecule has 0 aliphatic heterocycles. The fraction of sp³-hybridized carbons (Fsp3) is 0.263. The summed E-state index contributed by atoms with van der Waals surface area (Å²) in [5.41, 5.74) is 1.43. The minimum Gasteiger partial charge on any atom is -0.496 e. The Hall–Kier alpha value is -2.28. The lowest BCUT2D eigenvalue weighted by Crippen LogP contribution is -2.38. The Labute approximate surface area is 168 Å². The highest BCUT2D eigenvalue weighted by Crippen LogP contribution is 2.24. The molecule has 0 bridgehead atoms. The second-order valence-electron chi connectivity index (χ2n) is 5.94. The van der Waals surface area contributed by atoms with Crippen LogP contribution >= 0.6 is 23.2 Å². The number of benzene rings is 2. The van der Waals surface area contributed by atoms with Crippen molar-refractivity contribution in [1.82, 2.24) is 10.2 Å². The quantitative estimate of drug-likeness (QED) is 0.702. The molecule has 2 amide bonds. The fourth-order valence-electron chi connectivity index (χ4n) is 2.42. The van der Waals surface area contributed by atoms with Gasteiger partial charge in [-0.3, -0.25) is 14.5 Å². The highest BCUT2D eigenvalue weighted by Gasteiger charge is 2.12. The molecule has 2 N–H and O–H groups in total. The second-order valence-corrected chi connectivity index (χ2v) is 6.75. The number of carbonyl (C=O) groups excluding carboxylic acids is 2. The number of carbonyl (C=O) groups is 2. The highest BCUT2D eigenvalue weighted by molar-refractivity contribution is 6.42. The highest BCUT2D eigenvalue weighted by atomic mass is 35.5. The van der Waals surface area contributed by atoms with Gasteiger partial charge in [0.1, 0.15) is 5.75 Å². The van der Waals surface area contributed by atoms with E-state index in [1.807, 2.05) is 24.3 Å². The number of ether oxygens (including phenoxy) is 1. The third-order valence-corrected chi connectivity index (χ3v) is 4.44. The maximum absolute atomic E-state index is 12.1. The molecule has 0 radical (unpaired) electrons. The first-order valence-electron chi connectivity index (χ1n) is 8.21. The summed E-state index contributed by atoms with van der Waals surface area (Å²) in [4.78, 5) is 25.8. The molecule has 27 heavy (non-hydrogen) atoms. The number of likely N-dealkylation sites (N-methyl/N-ethyl adjacent to an activating group) is 1. The van der Waals surface area contributed by atoms with Crippen LogP contribution in [0.2, 0.25) is 10.0 Å². The molecule has 0 saturated heterocycles. The van der Waals surface area contributed by atoms with E-state index in [-0.39, 0.29) is 24.9 Å². The number of para-hydroxylation sites is 1. The van der Waals surface area contributed by atoms with Crippen molar-refractivity contribution >= 4 is 40.7 Å². The third kappa shape index (κ3) is 6.75. The minimum atomic E-state index is -0.256. The summed E-state index contributed by atoms with van der Waals surface area (Å²) in [5, 5.41) is 6.31. The maximum Gasteiger partial charge on any atom is 0.238 e. The van der Waals surface area contributed by atoms with Gasteiger partial charge in [0, 0.05) is 17.8 Å². The van der Waals surface area contributed by atoms with Gasteiger partial charge < -0.3 is 15.4 Å². The van der Waals surface area contributed by atoms with Crippen LogP contribution in [-0.4, -0.2) is 44.0 Å². The van der Waals surface area contributed by atoms with E-state index in [0.717, 1.165) is 5.56 Å². The molecule has 0 fully saturated rings. The smallest absolute Gasteiger partial charge is 0.238 e. The first-order chi connectivity index (χ1) is 12.9. The molecular formula is C19H21Cl2N3O3. The van der Waals surface area contributed by atoms with E-state index < -0.39 is 0 Å². The molecule has 8 heteroatoms. The van der Waals surface area contributed by atoms with Gasteiger partial charge in [0.2, 0.25) is 11.8 Å². The Balaban J connectivity index is 1.78. The zero-order valence-electron chi connectivity index (χ0n) is 15.1. The lowest BCUT2D eigenvalue weighted by molar-refractivity contribution is -0.123. The average Bonchev–Trinajstić information content (AvgIpc) is 2.63. The van der Waals surface area contributed by atoms with Crippen LogP contribution in [-0.2, 0) is 16.1 Å². The summed E-state index contributed by atoms with van der Waals surface area (Å²) < 4.78 is 5.25.